The SMILES string of the molecule is O=C(C=CN1CCCC1=O)c1cccnc1. The molecule has 0 radical (unpaired) electrons. The minimum Gasteiger partial charge on any atom is -0.319 e. The maximum absolute atomic E-state index is 11.6. The van der Waals surface area contributed by atoms with Crippen LogP contribution in [0, 0.1) is 0 Å². The molecule has 1 amide bonds. The fourth-order valence-electron chi connectivity index (χ4n) is 1.59. The zero-order chi connectivity index (χ0) is 11.4. The van der Waals surface area contributed by atoms with E-state index < -0.39 is 0 Å². The van der Waals surface area contributed by atoms with Crippen LogP contribution in [0.3, 0.4) is 0 Å². The topological polar surface area (TPSA) is 50.3 Å². The average molecular weight is 216 g/mol. The van der Waals surface area contributed by atoms with Crippen molar-refractivity contribution >= 4 is 11.7 Å². The summed E-state index contributed by atoms with van der Waals surface area (Å²) in [5.74, 6) is -0.0527. The number of likely N-dealkylation sites (tertiary alicyclic amines) is 1. The van der Waals surface area contributed by atoms with Crippen LogP contribution in [0.5, 0.6) is 0 Å². The predicted octanol–water partition coefficient (Wildman–Crippen LogP) is 1.40. The standard InChI is InChI=1S/C12H12N2O2/c15-11(10-3-1-6-13-9-10)5-8-14-7-2-4-12(14)16/h1,3,5-6,8-9H,2,4,7H2. The Morgan fingerprint density at radius 2 is 2.38 bits per heavy atom. The second-order valence-corrected chi connectivity index (χ2v) is 3.61. The molecule has 16 heavy (non-hydrogen) atoms. The van der Waals surface area contributed by atoms with Crippen LogP contribution in [-0.2, 0) is 4.79 Å². The van der Waals surface area contributed by atoms with Gasteiger partial charge in [-0.05, 0) is 18.6 Å². The van der Waals surface area contributed by atoms with Gasteiger partial charge in [0.05, 0.1) is 0 Å². The van der Waals surface area contributed by atoms with Gasteiger partial charge >= 0.3 is 0 Å². The lowest BCUT2D eigenvalue weighted by Crippen LogP contribution is -2.17. The van der Waals surface area contributed by atoms with Crippen molar-refractivity contribution in [3.63, 3.8) is 0 Å². The Hall–Kier alpha value is -1.97. The highest BCUT2D eigenvalue weighted by molar-refractivity contribution is 6.04. The Morgan fingerprint density at radius 3 is 3.00 bits per heavy atom. The molecule has 0 aliphatic carbocycles. The third kappa shape index (κ3) is 2.34. The Labute approximate surface area is 93.6 Å². The molecule has 82 valence electrons. The third-order valence-corrected chi connectivity index (χ3v) is 2.46. The van der Waals surface area contributed by atoms with Crippen LogP contribution >= 0.6 is 0 Å². The molecular weight excluding hydrogens is 204 g/mol. The van der Waals surface area contributed by atoms with E-state index >= 15 is 0 Å². The number of rotatable bonds is 3. The summed E-state index contributed by atoms with van der Waals surface area (Å²) < 4.78 is 0. The highest BCUT2D eigenvalue weighted by atomic mass is 16.2. The molecule has 0 unspecified atom stereocenters. The summed E-state index contributed by atoms with van der Waals surface area (Å²) in [6, 6.07) is 3.41. The Bertz CT molecular complexity index is 426. The maximum atomic E-state index is 11.6. The van der Waals surface area contributed by atoms with Gasteiger partial charge in [0.15, 0.2) is 5.78 Å². The van der Waals surface area contributed by atoms with E-state index in [1.807, 2.05) is 0 Å². The second-order valence-electron chi connectivity index (χ2n) is 3.61. The number of pyridine rings is 1. The Balaban J connectivity index is 2.02. The van der Waals surface area contributed by atoms with E-state index in [1.54, 1.807) is 29.4 Å². The van der Waals surface area contributed by atoms with Crippen molar-refractivity contribution in [3.05, 3.63) is 42.4 Å². The quantitative estimate of drug-likeness (QED) is 0.567. The molecule has 0 saturated carbocycles. The first-order valence-corrected chi connectivity index (χ1v) is 5.19. The summed E-state index contributed by atoms with van der Waals surface area (Å²) in [6.45, 7) is 0.704. The molecular formula is C12H12N2O2. The lowest BCUT2D eigenvalue weighted by atomic mass is 10.2. The summed E-state index contributed by atoms with van der Waals surface area (Å²) in [6.07, 6.45) is 7.55. The first-order chi connectivity index (χ1) is 7.77. The van der Waals surface area contributed by atoms with E-state index in [0.717, 1.165) is 6.42 Å². The van der Waals surface area contributed by atoms with Gasteiger partial charge in [-0.25, -0.2) is 0 Å². The molecule has 4 nitrogen and oxygen atoms in total. The van der Waals surface area contributed by atoms with Gasteiger partial charge in [0.1, 0.15) is 0 Å². The van der Waals surface area contributed by atoms with E-state index in [4.69, 9.17) is 0 Å². The molecule has 2 rings (SSSR count). The number of ketones is 1. The number of nitrogens with zero attached hydrogens (tertiary/aromatic N) is 2. The molecule has 1 aromatic rings. The van der Waals surface area contributed by atoms with Gasteiger partial charge < -0.3 is 4.90 Å². The van der Waals surface area contributed by atoms with Crippen molar-refractivity contribution in [1.29, 1.82) is 0 Å². The molecule has 1 saturated heterocycles. The highest BCUT2D eigenvalue weighted by Gasteiger charge is 2.17. The van der Waals surface area contributed by atoms with Crippen LogP contribution in [-0.4, -0.2) is 28.1 Å². The molecule has 4 heteroatoms. The van der Waals surface area contributed by atoms with Crippen LogP contribution in [0.4, 0.5) is 0 Å². The second kappa shape index (κ2) is 4.70. The highest BCUT2D eigenvalue weighted by Crippen LogP contribution is 2.10. The van der Waals surface area contributed by atoms with Crippen LogP contribution in [0.15, 0.2) is 36.8 Å². The molecule has 0 atom stereocenters. The minimum atomic E-state index is -0.132. The molecule has 0 N–H and O–H groups in total. The number of carbonyl (C=O) groups excluding carboxylic acids is 2. The van der Waals surface area contributed by atoms with Gasteiger partial charge in [0.25, 0.3) is 0 Å². The van der Waals surface area contributed by atoms with E-state index in [9.17, 15) is 9.59 Å². The molecule has 1 aliphatic rings. The van der Waals surface area contributed by atoms with Crippen molar-refractivity contribution in [3.8, 4) is 0 Å². The smallest absolute Gasteiger partial charge is 0.226 e. The van der Waals surface area contributed by atoms with Crippen LogP contribution in [0.1, 0.15) is 23.2 Å². The van der Waals surface area contributed by atoms with Gasteiger partial charge in [-0.2, -0.15) is 0 Å². The summed E-state index contributed by atoms with van der Waals surface area (Å²) in [5.41, 5.74) is 0.533. The fourth-order valence-corrected chi connectivity index (χ4v) is 1.59. The van der Waals surface area contributed by atoms with Crippen molar-refractivity contribution in [2.75, 3.05) is 6.54 Å². The first kappa shape index (κ1) is 10.5. The monoisotopic (exact) mass is 216 g/mol. The number of hydrogen-bond acceptors (Lipinski definition) is 3. The van der Waals surface area contributed by atoms with E-state index in [-0.39, 0.29) is 11.7 Å². The normalized spacial score (nSPS) is 16.0. The number of hydrogen-bond donors (Lipinski definition) is 0. The van der Waals surface area contributed by atoms with Gasteiger partial charge in [-0.15, -0.1) is 0 Å². The first-order valence-electron chi connectivity index (χ1n) is 5.19. The Kier molecular flexibility index (Phi) is 3.10. The van der Waals surface area contributed by atoms with Crippen LogP contribution in [0.25, 0.3) is 0 Å². The van der Waals surface area contributed by atoms with Crippen LogP contribution in [0.2, 0.25) is 0 Å². The summed E-state index contributed by atoms with van der Waals surface area (Å²) in [7, 11) is 0. The number of carbonyl (C=O) groups is 2. The summed E-state index contributed by atoms with van der Waals surface area (Å²) in [5, 5.41) is 0. The van der Waals surface area contributed by atoms with Crippen molar-refractivity contribution in [2.45, 2.75) is 12.8 Å². The number of aromatic nitrogens is 1. The zero-order valence-corrected chi connectivity index (χ0v) is 8.80. The lowest BCUT2D eigenvalue weighted by Gasteiger charge is -2.07. The molecule has 0 spiro atoms. The zero-order valence-electron chi connectivity index (χ0n) is 8.80. The molecule has 0 aromatic carbocycles. The van der Waals surface area contributed by atoms with Gasteiger partial charge in [0, 0.05) is 43.2 Å². The van der Waals surface area contributed by atoms with Gasteiger partial charge in [-0.3, -0.25) is 14.6 Å². The maximum Gasteiger partial charge on any atom is 0.226 e. The van der Waals surface area contributed by atoms with E-state index in [1.165, 1.54) is 12.3 Å². The molecule has 1 aromatic heterocycles. The molecule has 1 fully saturated rings. The van der Waals surface area contributed by atoms with E-state index in [2.05, 4.69) is 4.98 Å². The summed E-state index contributed by atoms with van der Waals surface area (Å²) in [4.78, 5) is 28.4. The van der Waals surface area contributed by atoms with Gasteiger partial charge in [0.2, 0.25) is 5.91 Å². The average Bonchev–Trinajstić information content (AvgIpc) is 2.73. The molecule has 0 bridgehead atoms. The van der Waals surface area contributed by atoms with Crippen molar-refractivity contribution < 1.29 is 9.59 Å². The number of amides is 1. The van der Waals surface area contributed by atoms with E-state index in [0.29, 0.717) is 18.5 Å². The predicted molar refractivity (Wildman–Crippen MR) is 58.7 cm³/mol. The van der Waals surface area contributed by atoms with Crippen molar-refractivity contribution in [1.82, 2.24) is 9.88 Å². The third-order valence-electron chi connectivity index (χ3n) is 2.46. The number of allylic oxidation sites excluding steroid dienone is 1. The molecule has 2 heterocycles. The Morgan fingerprint density at radius 1 is 1.50 bits per heavy atom. The van der Waals surface area contributed by atoms with Crippen molar-refractivity contribution in [2.24, 2.45) is 0 Å². The largest absolute Gasteiger partial charge is 0.319 e. The minimum absolute atomic E-state index is 0.0789. The fraction of sp³-hybridized carbons (Fsp3) is 0.250. The lowest BCUT2D eigenvalue weighted by molar-refractivity contribution is -0.125. The molecule has 1 aliphatic heterocycles. The van der Waals surface area contributed by atoms with Gasteiger partial charge in [-0.1, -0.05) is 0 Å². The summed E-state index contributed by atoms with van der Waals surface area (Å²) >= 11 is 0. The van der Waals surface area contributed by atoms with Crippen LogP contribution < -0.4 is 0 Å².